The smallest absolute Gasteiger partial charge is 0.192 e. The Morgan fingerprint density at radius 2 is 2.08 bits per heavy atom. The van der Waals surface area contributed by atoms with Crippen molar-refractivity contribution in [1.82, 2.24) is 24.1 Å². The lowest BCUT2D eigenvalue weighted by molar-refractivity contribution is 0.731. The van der Waals surface area contributed by atoms with Gasteiger partial charge in [0.25, 0.3) is 0 Å². The molecule has 0 N–H and O–H groups in total. The summed E-state index contributed by atoms with van der Waals surface area (Å²) in [6.07, 6.45) is 5.93. The number of fused-ring (bicyclic) bond motifs is 1. The quantitative estimate of drug-likeness (QED) is 0.378. The van der Waals surface area contributed by atoms with Gasteiger partial charge in [-0.1, -0.05) is 47.7 Å². The van der Waals surface area contributed by atoms with Crippen molar-refractivity contribution >= 4 is 17.4 Å². The minimum atomic E-state index is 0.670. The van der Waals surface area contributed by atoms with Crippen molar-refractivity contribution in [2.45, 2.75) is 24.4 Å². The molecule has 0 atom stereocenters. The highest BCUT2D eigenvalue weighted by Gasteiger charge is 2.14. The number of benzene rings is 1. The Balaban J connectivity index is 1.60. The van der Waals surface area contributed by atoms with Gasteiger partial charge in [-0.2, -0.15) is 0 Å². The molecule has 3 aromatic heterocycles. The molecule has 0 aliphatic carbocycles. The number of hydrogen-bond acceptors (Lipinski definition) is 4. The molecular formula is C20H19N5S. The first kappa shape index (κ1) is 16.6. The molecule has 130 valence electrons. The summed E-state index contributed by atoms with van der Waals surface area (Å²) in [7, 11) is 0. The van der Waals surface area contributed by atoms with Gasteiger partial charge in [0.05, 0.1) is 5.69 Å². The molecule has 4 rings (SSSR count). The molecule has 1 aromatic carbocycles. The van der Waals surface area contributed by atoms with Crippen LogP contribution in [0.5, 0.6) is 0 Å². The number of pyridine rings is 1. The molecule has 26 heavy (non-hydrogen) atoms. The zero-order valence-corrected chi connectivity index (χ0v) is 15.4. The Morgan fingerprint density at radius 1 is 1.15 bits per heavy atom. The van der Waals surface area contributed by atoms with Crippen molar-refractivity contribution in [1.29, 1.82) is 0 Å². The first-order valence-corrected chi connectivity index (χ1v) is 9.40. The predicted octanol–water partition coefficient (Wildman–Crippen LogP) is 4.38. The van der Waals surface area contributed by atoms with Crippen molar-refractivity contribution in [3.05, 3.63) is 78.8 Å². The summed E-state index contributed by atoms with van der Waals surface area (Å²) in [5.41, 5.74) is 4.25. The second kappa shape index (κ2) is 7.17. The Kier molecular flexibility index (Phi) is 4.58. The van der Waals surface area contributed by atoms with Crippen molar-refractivity contribution in [3.8, 4) is 11.4 Å². The third-order valence-corrected chi connectivity index (χ3v) is 5.07. The Bertz CT molecular complexity index is 1030. The van der Waals surface area contributed by atoms with Crippen molar-refractivity contribution in [2.75, 3.05) is 0 Å². The molecule has 5 nitrogen and oxygen atoms in total. The molecule has 4 aromatic rings. The third kappa shape index (κ3) is 3.28. The normalized spacial score (nSPS) is 11.1. The van der Waals surface area contributed by atoms with Crippen LogP contribution in [0.3, 0.4) is 0 Å². The molecule has 0 unspecified atom stereocenters. The van der Waals surface area contributed by atoms with Gasteiger partial charge >= 0.3 is 0 Å². The van der Waals surface area contributed by atoms with Crippen molar-refractivity contribution in [2.24, 2.45) is 0 Å². The molecule has 6 heteroatoms. The van der Waals surface area contributed by atoms with E-state index in [0.717, 1.165) is 33.6 Å². The lowest BCUT2D eigenvalue weighted by Gasteiger charge is -2.07. The van der Waals surface area contributed by atoms with E-state index in [1.54, 1.807) is 11.8 Å². The molecule has 0 bridgehead atoms. The highest BCUT2D eigenvalue weighted by atomic mass is 32.2. The van der Waals surface area contributed by atoms with E-state index in [2.05, 4.69) is 57.6 Å². The van der Waals surface area contributed by atoms with Crippen LogP contribution in [0.1, 0.15) is 11.3 Å². The zero-order valence-electron chi connectivity index (χ0n) is 14.5. The summed E-state index contributed by atoms with van der Waals surface area (Å²) < 4.78 is 4.13. The fourth-order valence-corrected chi connectivity index (χ4v) is 3.71. The van der Waals surface area contributed by atoms with E-state index < -0.39 is 0 Å². The van der Waals surface area contributed by atoms with Gasteiger partial charge in [-0.15, -0.1) is 16.8 Å². The van der Waals surface area contributed by atoms with Crippen molar-refractivity contribution < 1.29 is 0 Å². The van der Waals surface area contributed by atoms with Gasteiger partial charge in [0.2, 0.25) is 0 Å². The fourth-order valence-electron chi connectivity index (χ4n) is 2.88. The van der Waals surface area contributed by atoms with Gasteiger partial charge < -0.3 is 4.40 Å². The van der Waals surface area contributed by atoms with Crippen LogP contribution in [0.2, 0.25) is 0 Å². The molecule has 0 aliphatic heterocycles. The minimum Gasteiger partial charge on any atom is -0.307 e. The largest absolute Gasteiger partial charge is 0.307 e. The van der Waals surface area contributed by atoms with E-state index >= 15 is 0 Å². The summed E-state index contributed by atoms with van der Waals surface area (Å²) in [4.78, 5) is 4.64. The topological polar surface area (TPSA) is 48.0 Å². The number of nitrogens with zero attached hydrogens (tertiary/aromatic N) is 5. The number of aryl methyl sites for hydroxylation is 1. The maximum atomic E-state index is 4.64. The molecule has 0 saturated heterocycles. The van der Waals surface area contributed by atoms with E-state index in [4.69, 9.17) is 0 Å². The average Bonchev–Trinajstić information content (AvgIpc) is 3.24. The molecule has 0 aliphatic rings. The molecule has 0 amide bonds. The van der Waals surface area contributed by atoms with E-state index in [1.165, 1.54) is 5.56 Å². The summed E-state index contributed by atoms with van der Waals surface area (Å²) in [5, 5.41) is 9.70. The van der Waals surface area contributed by atoms with Gasteiger partial charge in [-0.05, 0) is 25.1 Å². The predicted molar refractivity (Wildman–Crippen MR) is 105 cm³/mol. The van der Waals surface area contributed by atoms with Gasteiger partial charge in [-0.3, -0.25) is 4.57 Å². The number of thioether (sulfide) groups is 1. The first-order chi connectivity index (χ1) is 12.7. The highest BCUT2D eigenvalue weighted by molar-refractivity contribution is 7.98. The van der Waals surface area contributed by atoms with Crippen molar-refractivity contribution in [3.63, 3.8) is 0 Å². The second-order valence-electron chi connectivity index (χ2n) is 6.06. The molecule has 0 radical (unpaired) electrons. The highest BCUT2D eigenvalue weighted by Crippen LogP contribution is 2.26. The molecule has 0 spiro atoms. The third-order valence-electron chi connectivity index (χ3n) is 4.07. The minimum absolute atomic E-state index is 0.670. The van der Waals surface area contributed by atoms with Crippen LogP contribution in [0.25, 0.3) is 17.0 Å². The standard InChI is InChI=1S/C20H19N5S/c1-3-10-25-19(16-8-6-7-15(2)12-16)22-23-20(25)26-14-17-13-24-11-5-4-9-18(24)21-17/h3-9,11-13H,1,10,14H2,2H3. The molecular weight excluding hydrogens is 342 g/mol. The van der Waals surface area contributed by atoms with Crippen LogP contribution in [-0.4, -0.2) is 24.1 Å². The van der Waals surface area contributed by atoms with E-state index in [-0.39, 0.29) is 0 Å². The maximum absolute atomic E-state index is 4.64. The molecule has 0 saturated carbocycles. The first-order valence-electron chi connectivity index (χ1n) is 8.41. The summed E-state index contributed by atoms with van der Waals surface area (Å²) >= 11 is 1.64. The Hall–Kier alpha value is -2.86. The summed E-state index contributed by atoms with van der Waals surface area (Å²) in [5.74, 6) is 1.61. The SMILES string of the molecule is C=CCn1c(SCc2cn3ccccc3n2)nnc1-c1cccc(C)c1. The van der Waals surface area contributed by atoms with Crippen LogP contribution in [-0.2, 0) is 12.3 Å². The van der Waals surface area contributed by atoms with Gasteiger partial charge in [-0.25, -0.2) is 4.98 Å². The fraction of sp³-hybridized carbons (Fsp3) is 0.150. The molecule has 3 heterocycles. The lowest BCUT2D eigenvalue weighted by Crippen LogP contribution is -2.00. The van der Waals surface area contributed by atoms with Crippen LogP contribution in [0.4, 0.5) is 0 Å². The van der Waals surface area contributed by atoms with Gasteiger partial charge in [0.1, 0.15) is 5.65 Å². The maximum Gasteiger partial charge on any atom is 0.192 e. The average molecular weight is 361 g/mol. The second-order valence-corrected chi connectivity index (χ2v) is 7.00. The van der Waals surface area contributed by atoms with Crippen LogP contribution < -0.4 is 0 Å². The monoisotopic (exact) mass is 361 g/mol. The Labute approximate surface area is 156 Å². The van der Waals surface area contributed by atoms with E-state index in [1.807, 2.05) is 40.9 Å². The van der Waals surface area contributed by atoms with Gasteiger partial charge in [0.15, 0.2) is 11.0 Å². The summed E-state index contributed by atoms with van der Waals surface area (Å²) in [6.45, 7) is 6.63. The van der Waals surface area contributed by atoms with Crippen LogP contribution >= 0.6 is 11.8 Å². The summed E-state index contributed by atoms with van der Waals surface area (Å²) in [6, 6.07) is 14.3. The van der Waals surface area contributed by atoms with E-state index in [9.17, 15) is 0 Å². The number of hydrogen-bond donors (Lipinski definition) is 0. The zero-order chi connectivity index (χ0) is 17.9. The number of allylic oxidation sites excluding steroid dienone is 1. The van der Waals surface area contributed by atoms with Gasteiger partial charge in [0, 0.05) is 30.3 Å². The molecule has 0 fully saturated rings. The number of imidazole rings is 1. The van der Waals surface area contributed by atoms with E-state index in [0.29, 0.717) is 6.54 Å². The van der Waals surface area contributed by atoms with Crippen LogP contribution in [0, 0.1) is 6.92 Å². The lowest BCUT2D eigenvalue weighted by atomic mass is 10.1. The number of rotatable bonds is 6. The number of aromatic nitrogens is 5. The van der Waals surface area contributed by atoms with Crippen LogP contribution in [0.15, 0.2) is 72.7 Å². The Morgan fingerprint density at radius 3 is 2.88 bits per heavy atom.